The average Bonchev–Trinajstić information content (AvgIpc) is 3.10. The number of aromatic amines is 1. The monoisotopic (exact) mass is 334 g/mol. The minimum Gasteiger partial charge on any atom is -0.361 e. The molecule has 0 unspecified atom stereocenters. The highest BCUT2D eigenvalue weighted by Gasteiger charge is 2.21. The second-order valence-electron chi connectivity index (χ2n) is 6.42. The Bertz CT molecular complexity index is 850. The van der Waals surface area contributed by atoms with Crippen LogP contribution in [-0.2, 0) is 11.2 Å². The van der Waals surface area contributed by atoms with Crippen molar-refractivity contribution in [3.8, 4) is 0 Å². The third-order valence-electron chi connectivity index (χ3n) is 4.89. The first-order chi connectivity index (χ1) is 12.3. The van der Waals surface area contributed by atoms with E-state index >= 15 is 0 Å². The van der Waals surface area contributed by atoms with E-state index in [1.165, 1.54) is 10.9 Å². The van der Waals surface area contributed by atoms with Crippen molar-refractivity contribution in [2.45, 2.75) is 12.8 Å². The number of aromatic nitrogens is 2. The van der Waals surface area contributed by atoms with Crippen LogP contribution in [0.3, 0.4) is 0 Å². The molecule has 5 nitrogen and oxygen atoms in total. The van der Waals surface area contributed by atoms with Crippen molar-refractivity contribution in [3.63, 3.8) is 0 Å². The molecule has 1 aliphatic heterocycles. The Labute approximate surface area is 147 Å². The molecule has 0 spiro atoms. The lowest BCUT2D eigenvalue weighted by Gasteiger charge is -2.35. The summed E-state index contributed by atoms with van der Waals surface area (Å²) in [5.41, 5.74) is 2.35. The molecule has 1 amide bonds. The van der Waals surface area contributed by atoms with Gasteiger partial charge in [-0.25, -0.2) is 4.98 Å². The number of carbonyl (C=O) groups excluding carboxylic acids is 1. The Morgan fingerprint density at radius 2 is 1.84 bits per heavy atom. The summed E-state index contributed by atoms with van der Waals surface area (Å²) in [4.78, 5) is 24.4. The lowest BCUT2D eigenvalue weighted by molar-refractivity contribution is -0.131. The maximum Gasteiger partial charge on any atom is 0.223 e. The first kappa shape index (κ1) is 15.7. The number of benzene rings is 1. The predicted octanol–water partition coefficient (Wildman–Crippen LogP) is 2.84. The van der Waals surface area contributed by atoms with Crippen LogP contribution in [0.4, 0.5) is 5.82 Å². The van der Waals surface area contributed by atoms with Crippen LogP contribution in [0.5, 0.6) is 0 Å². The first-order valence-corrected chi connectivity index (χ1v) is 8.80. The van der Waals surface area contributed by atoms with Crippen molar-refractivity contribution in [3.05, 3.63) is 60.4 Å². The third kappa shape index (κ3) is 3.36. The summed E-state index contributed by atoms with van der Waals surface area (Å²) < 4.78 is 0. The van der Waals surface area contributed by atoms with Gasteiger partial charge in [0, 0.05) is 55.9 Å². The Kier molecular flexibility index (Phi) is 4.37. The molecule has 4 rings (SSSR count). The van der Waals surface area contributed by atoms with E-state index in [0.29, 0.717) is 6.42 Å². The number of aryl methyl sites for hydroxylation is 1. The SMILES string of the molecule is O=C(CCc1c[nH]c2ccccc12)N1CCN(c2ccccn2)CC1. The summed E-state index contributed by atoms with van der Waals surface area (Å²) in [7, 11) is 0. The van der Waals surface area contributed by atoms with Gasteiger partial charge in [0.2, 0.25) is 5.91 Å². The summed E-state index contributed by atoms with van der Waals surface area (Å²) in [5, 5.41) is 1.22. The Morgan fingerprint density at radius 3 is 2.64 bits per heavy atom. The third-order valence-corrected chi connectivity index (χ3v) is 4.89. The number of piperazine rings is 1. The van der Waals surface area contributed by atoms with Crippen LogP contribution in [0.2, 0.25) is 0 Å². The Morgan fingerprint density at radius 1 is 1.04 bits per heavy atom. The number of hydrogen-bond acceptors (Lipinski definition) is 3. The van der Waals surface area contributed by atoms with E-state index in [1.807, 2.05) is 47.6 Å². The number of amides is 1. The molecule has 128 valence electrons. The fraction of sp³-hybridized carbons (Fsp3) is 0.300. The highest BCUT2D eigenvalue weighted by molar-refractivity contribution is 5.84. The summed E-state index contributed by atoms with van der Waals surface area (Å²) in [6.45, 7) is 3.22. The van der Waals surface area contributed by atoms with Crippen molar-refractivity contribution < 1.29 is 4.79 Å². The van der Waals surface area contributed by atoms with Gasteiger partial charge in [-0.1, -0.05) is 24.3 Å². The van der Waals surface area contributed by atoms with E-state index in [-0.39, 0.29) is 5.91 Å². The molecule has 1 aromatic carbocycles. The number of nitrogens with one attached hydrogen (secondary N) is 1. The topological polar surface area (TPSA) is 52.2 Å². The van der Waals surface area contributed by atoms with Gasteiger partial charge in [-0.3, -0.25) is 4.79 Å². The molecule has 5 heteroatoms. The smallest absolute Gasteiger partial charge is 0.223 e. The number of anilines is 1. The van der Waals surface area contributed by atoms with Gasteiger partial charge in [-0.15, -0.1) is 0 Å². The maximum absolute atomic E-state index is 12.6. The number of hydrogen-bond donors (Lipinski definition) is 1. The molecular weight excluding hydrogens is 312 g/mol. The molecule has 1 saturated heterocycles. The quantitative estimate of drug-likeness (QED) is 0.798. The van der Waals surface area contributed by atoms with E-state index in [2.05, 4.69) is 27.0 Å². The number of carbonyl (C=O) groups is 1. The molecule has 3 aromatic rings. The van der Waals surface area contributed by atoms with Crippen molar-refractivity contribution >= 4 is 22.6 Å². The van der Waals surface area contributed by atoms with Crippen LogP contribution < -0.4 is 4.90 Å². The summed E-state index contributed by atoms with van der Waals surface area (Å²) in [5.74, 6) is 1.24. The molecule has 1 N–H and O–H groups in total. The minimum absolute atomic E-state index is 0.242. The highest BCUT2D eigenvalue weighted by atomic mass is 16.2. The van der Waals surface area contributed by atoms with Gasteiger partial charge in [0.1, 0.15) is 5.82 Å². The number of para-hydroxylation sites is 1. The number of rotatable bonds is 4. The normalized spacial score (nSPS) is 14.9. The summed E-state index contributed by atoms with van der Waals surface area (Å²) >= 11 is 0. The van der Waals surface area contributed by atoms with Crippen LogP contribution in [0.25, 0.3) is 10.9 Å². The minimum atomic E-state index is 0.242. The first-order valence-electron chi connectivity index (χ1n) is 8.80. The van der Waals surface area contributed by atoms with Crippen LogP contribution in [0, 0.1) is 0 Å². The molecule has 1 aliphatic rings. The Hall–Kier alpha value is -2.82. The van der Waals surface area contributed by atoms with Gasteiger partial charge < -0.3 is 14.8 Å². The van der Waals surface area contributed by atoms with E-state index < -0.39 is 0 Å². The number of fused-ring (bicyclic) bond motifs is 1. The molecule has 3 heterocycles. The number of H-pyrrole nitrogens is 1. The van der Waals surface area contributed by atoms with E-state index in [0.717, 1.165) is 43.9 Å². The molecule has 0 atom stereocenters. The lowest BCUT2D eigenvalue weighted by atomic mass is 10.1. The van der Waals surface area contributed by atoms with Gasteiger partial charge in [0.25, 0.3) is 0 Å². The molecule has 25 heavy (non-hydrogen) atoms. The zero-order valence-electron chi connectivity index (χ0n) is 14.2. The molecule has 2 aromatic heterocycles. The molecule has 1 fully saturated rings. The van der Waals surface area contributed by atoms with Crippen molar-refractivity contribution in [1.29, 1.82) is 0 Å². The zero-order valence-corrected chi connectivity index (χ0v) is 14.2. The van der Waals surface area contributed by atoms with Gasteiger partial charge in [0.15, 0.2) is 0 Å². The molecule has 0 aliphatic carbocycles. The average molecular weight is 334 g/mol. The standard InChI is InChI=1S/C20H22N4O/c25-20(9-8-16-15-22-18-6-2-1-5-17(16)18)24-13-11-23(12-14-24)19-7-3-4-10-21-19/h1-7,10,15,22H,8-9,11-14H2. The van der Waals surface area contributed by atoms with Gasteiger partial charge in [-0.05, 0) is 30.2 Å². The van der Waals surface area contributed by atoms with E-state index in [9.17, 15) is 4.79 Å². The fourth-order valence-corrected chi connectivity index (χ4v) is 3.46. The van der Waals surface area contributed by atoms with Gasteiger partial charge in [-0.2, -0.15) is 0 Å². The van der Waals surface area contributed by atoms with Gasteiger partial charge >= 0.3 is 0 Å². The van der Waals surface area contributed by atoms with E-state index in [1.54, 1.807) is 0 Å². The Balaban J connectivity index is 1.32. The molecule has 0 radical (unpaired) electrons. The second-order valence-corrected chi connectivity index (χ2v) is 6.42. The van der Waals surface area contributed by atoms with Gasteiger partial charge in [0.05, 0.1) is 0 Å². The second kappa shape index (κ2) is 6.97. The zero-order chi connectivity index (χ0) is 17.1. The molecule has 0 bridgehead atoms. The lowest BCUT2D eigenvalue weighted by Crippen LogP contribution is -2.49. The van der Waals surface area contributed by atoms with Crippen LogP contribution in [-0.4, -0.2) is 47.0 Å². The van der Waals surface area contributed by atoms with Crippen molar-refractivity contribution in [2.75, 3.05) is 31.1 Å². The largest absolute Gasteiger partial charge is 0.361 e. The summed E-state index contributed by atoms with van der Waals surface area (Å²) in [6.07, 6.45) is 5.18. The van der Waals surface area contributed by atoms with E-state index in [4.69, 9.17) is 0 Å². The number of pyridine rings is 1. The highest BCUT2D eigenvalue weighted by Crippen LogP contribution is 2.20. The maximum atomic E-state index is 12.6. The van der Waals surface area contributed by atoms with Crippen LogP contribution in [0.15, 0.2) is 54.9 Å². The van der Waals surface area contributed by atoms with Crippen LogP contribution in [0.1, 0.15) is 12.0 Å². The van der Waals surface area contributed by atoms with Crippen LogP contribution >= 0.6 is 0 Å². The molecular formula is C20H22N4O. The predicted molar refractivity (Wildman–Crippen MR) is 99.6 cm³/mol. The molecule has 0 saturated carbocycles. The fourth-order valence-electron chi connectivity index (χ4n) is 3.46. The van der Waals surface area contributed by atoms with Crippen molar-refractivity contribution in [1.82, 2.24) is 14.9 Å². The van der Waals surface area contributed by atoms with Crippen molar-refractivity contribution in [2.24, 2.45) is 0 Å². The number of nitrogens with zero attached hydrogens (tertiary/aromatic N) is 3. The summed E-state index contributed by atoms with van der Waals surface area (Å²) in [6, 6.07) is 14.2.